The first kappa shape index (κ1) is 20.4. The Labute approximate surface area is 160 Å². The number of amides is 4. The van der Waals surface area contributed by atoms with Gasteiger partial charge in [0, 0.05) is 13.1 Å². The van der Waals surface area contributed by atoms with Gasteiger partial charge in [0.25, 0.3) is 5.91 Å². The number of nitrogens with zero attached hydrogens (tertiary/aromatic N) is 2. The number of benzene rings is 1. The van der Waals surface area contributed by atoms with Crippen molar-refractivity contribution in [2.75, 3.05) is 19.6 Å². The number of imide groups is 1. The molecule has 1 aromatic carbocycles. The summed E-state index contributed by atoms with van der Waals surface area (Å²) >= 11 is 0. The average Bonchev–Trinajstić information content (AvgIpc) is 2.86. The molecule has 0 radical (unpaired) electrons. The lowest BCUT2D eigenvalue weighted by Crippen LogP contribution is -2.44. The van der Waals surface area contributed by atoms with Crippen molar-refractivity contribution in [2.24, 2.45) is 0 Å². The van der Waals surface area contributed by atoms with Gasteiger partial charge in [0.1, 0.15) is 12.1 Å². The number of hydrogen-bond acceptors (Lipinski definition) is 3. The predicted octanol–water partition coefficient (Wildman–Crippen LogP) is 2.61. The van der Waals surface area contributed by atoms with Crippen molar-refractivity contribution in [3.63, 3.8) is 0 Å². The summed E-state index contributed by atoms with van der Waals surface area (Å²) < 4.78 is 0. The monoisotopic (exact) mass is 369 g/mol. The lowest BCUT2D eigenvalue weighted by Gasteiger charge is -2.24. The zero-order chi connectivity index (χ0) is 20.0. The summed E-state index contributed by atoms with van der Waals surface area (Å²) in [7, 11) is 0. The van der Waals surface area contributed by atoms with Gasteiger partial charge < -0.3 is 10.2 Å². The van der Waals surface area contributed by atoms with E-state index in [-0.39, 0.29) is 12.5 Å². The highest BCUT2D eigenvalue weighted by molar-refractivity contribution is 6.09. The van der Waals surface area contributed by atoms with Crippen molar-refractivity contribution in [2.45, 2.75) is 32.2 Å². The molecule has 1 aliphatic rings. The van der Waals surface area contributed by atoms with Gasteiger partial charge in [0.05, 0.1) is 0 Å². The van der Waals surface area contributed by atoms with Crippen LogP contribution in [-0.2, 0) is 21.5 Å². The van der Waals surface area contributed by atoms with Crippen LogP contribution in [0.25, 0.3) is 0 Å². The van der Waals surface area contributed by atoms with Crippen molar-refractivity contribution < 1.29 is 14.4 Å². The van der Waals surface area contributed by atoms with Gasteiger partial charge in [-0.25, -0.2) is 4.79 Å². The molecule has 1 unspecified atom stereocenters. The van der Waals surface area contributed by atoms with Crippen LogP contribution in [0.5, 0.6) is 0 Å². The van der Waals surface area contributed by atoms with Crippen LogP contribution < -0.4 is 5.32 Å². The molecule has 0 spiro atoms. The van der Waals surface area contributed by atoms with Gasteiger partial charge >= 0.3 is 6.03 Å². The third-order valence-corrected chi connectivity index (χ3v) is 4.69. The molecule has 27 heavy (non-hydrogen) atoms. The van der Waals surface area contributed by atoms with E-state index >= 15 is 0 Å². The van der Waals surface area contributed by atoms with Gasteiger partial charge in [-0.15, -0.1) is 13.2 Å². The molecule has 2 rings (SSSR count). The minimum atomic E-state index is -1.18. The van der Waals surface area contributed by atoms with Crippen LogP contribution in [0.15, 0.2) is 49.6 Å². The largest absolute Gasteiger partial charge is 0.334 e. The Morgan fingerprint density at radius 2 is 1.78 bits per heavy atom. The fourth-order valence-corrected chi connectivity index (χ4v) is 3.15. The highest BCUT2D eigenvalue weighted by Crippen LogP contribution is 2.29. The van der Waals surface area contributed by atoms with E-state index in [1.165, 1.54) is 10.5 Å². The van der Waals surface area contributed by atoms with Crippen LogP contribution in [0, 0.1) is 0 Å². The lowest BCUT2D eigenvalue weighted by molar-refractivity contribution is -0.138. The molecule has 1 N–H and O–H groups in total. The Kier molecular flexibility index (Phi) is 6.55. The normalized spacial score (nSPS) is 19.0. The Morgan fingerprint density at radius 3 is 2.30 bits per heavy atom. The summed E-state index contributed by atoms with van der Waals surface area (Å²) in [5.41, 5.74) is 0.701. The number of carbonyl (C=O) groups is 3. The van der Waals surface area contributed by atoms with Crippen molar-refractivity contribution in [3.05, 3.63) is 60.7 Å². The molecule has 0 aliphatic carbocycles. The quantitative estimate of drug-likeness (QED) is 0.537. The molecule has 0 bridgehead atoms. The van der Waals surface area contributed by atoms with Crippen molar-refractivity contribution in [1.82, 2.24) is 15.1 Å². The first-order valence-electron chi connectivity index (χ1n) is 9.10. The van der Waals surface area contributed by atoms with E-state index < -0.39 is 17.5 Å². The number of aryl methyl sites for hydroxylation is 1. The summed E-state index contributed by atoms with van der Waals surface area (Å²) in [6.45, 7) is 11.4. The second-order valence-electron chi connectivity index (χ2n) is 6.77. The lowest BCUT2D eigenvalue weighted by atomic mass is 9.91. The number of hydrogen-bond donors (Lipinski definition) is 1. The topological polar surface area (TPSA) is 69.7 Å². The molecule has 1 aromatic rings. The molecule has 1 atom stereocenters. The summed E-state index contributed by atoms with van der Waals surface area (Å²) in [5, 5.41) is 2.73. The van der Waals surface area contributed by atoms with Crippen LogP contribution >= 0.6 is 0 Å². The molecule has 0 saturated carbocycles. The van der Waals surface area contributed by atoms with Crippen LogP contribution in [0.2, 0.25) is 0 Å². The van der Waals surface area contributed by atoms with E-state index in [9.17, 15) is 14.4 Å². The molecule has 6 nitrogen and oxygen atoms in total. The number of carbonyl (C=O) groups excluding carboxylic acids is 3. The molecule has 144 valence electrons. The van der Waals surface area contributed by atoms with Crippen molar-refractivity contribution >= 4 is 17.8 Å². The smallest absolute Gasteiger partial charge is 0.325 e. The fraction of sp³-hybridized carbons (Fsp3) is 0.381. The molecule has 1 fully saturated rings. The maximum absolute atomic E-state index is 13.0. The molecule has 4 amide bonds. The molecule has 6 heteroatoms. The summed E-state index contributed by atoms with van der Waals surface area (Å²) in [4.78, 5) is 40.3. The molecule has 1 heterocycles. The predicted molar refractivity (Wildman–Crippen MR) is 105 cm³/mol. The van der Waals surface area contributed by atoms with E-state index in [1.807, 2.05) is 24.3 Å². The third-order valence-electron chi connectivity index (χ3n) is 4.69. The van der Waals surface area contributed by atoms with Gasteiger partial charge in [-0.2, -0.15) is 0 Å². The van der Waals surface area contributed by atoms with E-state index in [1.54, 1.807) is 19.1 Å². The van der Waals surface area contributed by atoms with Crippen LogP contribution in [0.3, 0.4) is 0 Å². The summed E-state index contributed by atoms with van der Waals surface area (Å²) in [6, 6.07) is 7.08. The number of nitrogens with one attached hydrogen (secondary N) is 1. The first-order chi connectivity index (χ1) is 12.9. The Hall–Kier alpha value is -2.89. The molecule has 0 aromatic heterocycles. The Balaban J connectivity index is 2.18. The molecular weight excluding hydrogens is 342 g/mol. The van der Waals surface area contributed by atoms with E-state index in [0.29, 0.717) is 18.7 Å². The van der Waals surface area contributed by atoms with Crippen molar-refractivity contribution in [3.8, 4) is 0 Å². The zero-order valence-electron chi connectivity index (χ0n) is 16.0. The van der Waals surface area contributed by atoms with Crippen LogP contribution in [-0.4, -0.2) is 47.3 Å². The second kappa shape index (κ2) is 8.66. The van der Waals surface area contributed by atoms with Gasteiger partial charge in [-0.3, -0.25) is 14.5 Å². The number of urea groups is 1. The van der Waals surface area contributed by atoms with E-state index in [2.05, 4.69) is 25.4 Å². The maximum atomic E-state index is 13.0. The third kappa shape index (κ3) is 4.27. The minimum Gasteiger partial charge on any atom is -0.334 e. The average molecular weight is 369 g/mol. The Bertz CT molecular complexity index is 732. The van der Waals surface area contributed by atoms with Crippen LogP contribution in [0.1, 0.15) is 31.4 Å². The number of rotatable bonds is 9. The molecular formula is C21H27N3O3. The standard InChI is InChI=1S/C21H27N3O3/c1-5-8-16-9-11-17(12-10-16)21(4)19(26)24(20(27)22-21)15-18(25)23(13-6-2)14-7-3/h6-7,9-12H,2-3,5,8,13-15H2,1,4H3,(H,22,27). The van der Waals surface area contributed by atoms with Gasteiger partial charge in [0.15, 0.2) is 0 Å². The summed E-state index contributed by atoms with van der Waals surface area (Å²) in [5.74, 6) is -0.762. The minimum absolute atomic E-state index is 0.310. The molecule has 1 saturated heterocycles. The maximum Gasteiger partial charge on any atom is 0.325 e. The second-order valence-corrected chi connectivity index (χ2v) is 6.77. The Morgan fingerprint density at radius 1 is 1.19 bits per heavy atom. The highest BCUT2D eigenvalue weighted by Gasteiger charge is 2.49. The zero-order valence-corrected chi connectivity index (χ0v) is 16.0. The van der Waals surface area contributed by atoms with Gasteiger partial charge in [-0.05, 0) is 24.5 Å². The van der Waals surface area contributed by atoms with Crippen LogP contribution in [0.4, 0.5) is 4.79 Å². The van der Waals surface area contributed by atoms with Crippen molar-refractivity contribution in [1.29, 1.82) is 0 Å². The highest BCUT2D eigenvalue weighted by atomic mass is 16.2. The summed E-state index contributed by atoms with van der Waals surface area (Å²) in [6.07, 6.45) is 5.18. The first-order valence-corrected chi connectivity index (χ1v) is 9.10. The van der Waals surface area contributed by atoms with Gasteiger partial charge in [-0.1, -0.05) is 49.8 Å². The molecule has 1 aliphatic heterocycles. The van der Waals surface area contributed by atoms with E-state index in [0.717, 1.165) is 17.7 Å². The fourth-order valence-electron chi connectivity index (χ4n) is 3.15. The van der Waals surface area contributed by atoms with E-state index in [4.69, 9.17) is 0 Å². The van der Waals surface area contributed by atoms with Gasteiger partial charge in [0.2, 0.25) is 5.91 Å². The SMILES string of the molecule is C=CCN(CC=C)C(=O)CN1C(=O)NC(C)(c2ccc(CCC)cc2)C1=O.